The van der Waals surface area contributed by atoms with Crippen LogP contribution in [0.4, 0.5) is 4.39 Å². The molecule has 26 heavy (non-hydrogen) atoms. The van der Waals surface area contributed by atoms with E-state index in [1.165, 1.54) is 12.1 Å². The Kier molecular flexibility index (Phi) is 7.91. The summed E-state index contributed by atoms with van der Waals surface area (Å²) in [5.41, 5.74) is 3.18. The lowest BCUT2D eigenvalue weighted by molar-refractivity contribution is -0.0140. The van der Waals surface area contributed by atoms with E-state index in [1.807, 2.05) is 32.3 Å². The largest absolute Gasteiger partial charge is 0.412 e. The standard InChI is InChI=1S/C20H21FN2O.BrH.H2O/c1-23(2)11-3-10-20(17-5-7-18(21)8-6-17)19-9-4-15(13-22)12-16(19)14-24-20;;/h4-9,12H,3,10-11,14H2,1-2H3;1H;1H2. The minimum Gasteiger partial charge on any atom is -0.412 e. The summed E-state index contributed by atoms with van der Waals surface area (Å²) in [4.78, 5) is 2.15. The molecule has 2 N–H and O–H groups in total. The first-order chi connectivity index (χ1) is 11.5. The lowest BCUT2D eigenvalue weighted by Crippen LogP contribution is -2.28. The minimum absolute atomic E-state index is 0. The number of nitrogens with zero attached hydrogens (tertiary/aromatic N) is 2. The summed E-state index contributed by atoms with van der Waals surface area (Å²) in [6, 6.07) is 14.5. The van der Waals surface area contributed by atoms with E-state index in [2.05, 4.69) is 11.0 Å². The molecule has 0 fully saturated rings. The van der Waals surface area contributed by atoms with Gasteiger partial charge in [-0.3, -0.25) is 0 Å². The van der Waals surface area contributed by atoms with Crippen molar-refractivity contribution < 1.29 is 14.6 Å². The predicted molar refractivity (Wildman–Crippen MR) is 105 cm³/mol. The van der Waals surface area contributed by atoms with Gasteiger partial charge in [0.15, 0.2) is 0 Å². The molecule has 0 radical (unpaired) electrons. The van der Waals surface area contributed by atoms with Crippen LogP contribution in [0.5, 0.6) is 0 Å². The summed E-state index contributed by atoms with van der Waals surface area (Å²) in [6.45, 7) is 1.43. The highest BCUT2D eigenvalue weighted by atomic mass is 79.9. The Bertz CT molecular complexity index is 774. The fraction of sp³-hybridized carbons (Fsp3) is 0.350. The minimum atomic E-state index is -0.562. The number of benzene rings is 2. The van der Waals surface area contributed by atoms with Crippen molar-refractivity contribution in [1.82, 2.24) is 4.90 Å². The highest BCUT2D eigenvalue weighted by Crippen LogP contribution is 2.45. The normalized spacial score (nSPS) is 17.8. The second-order valence-corrected chi connectivity index (χ2v) is 6.51. The van der Waals surface area contributed by atoms with E-state index in [-0.39, 0.29) is 28.3 Å². The van der Waals surface area contributed by atoms with E-state index < -0.39 is 5.60 Å². The molecule has 2 aromatic carbocycles. The molecule has 4 nitrogen and oxygen atoms in total. The molecule has 1 aliphatic rings. The first kappa shape index (κ1) is 22.3. The van der Waals surface area contributed by atoms with Crippen molar-refractivity contribution in [1.29, 1.82) is 5.26 Å². The van der Waals surface area contributed by atoms with Crippen LogP contribution in [-0.2, 0) is 16.9 Å². The zero-order chi connectivity index (χ0) is 17.2. The van der Waals surface area contributed by atoms with Crippen LogP contribution >= 0.6 is 17.0 Å². The Morgan fingerprint density at radius 3 is 2.50 bits per heavy atom. The second-order valence-electron chi connectivity index (χ2n) is 6.51. The number of fused-ring (bicyclic) bond motifs is 1. The van der Waals surface area contributed by atoms with Gasteiger partial charge in [0.1, 0.15) is 11.4 Å². The van der Waals surface area contributed by atoms with Gasteiger partial charge in [-0.25, -0.2) is 4.39 Å². The number of ether oxygens (including phenoxy) is 1. The predicted octanol–water partition coefficient (Wildman–Crippen LogP) is 3.57. The van der Waals surface area contributed by atoms with Gasteiger partial charge in [0.05, 0.1) is 18.2 Å². The Labute approximate surface area is 164 Å². The van der Waals surface area contributed by atoms with Crippen LogP contribution in [0.25, 0.3) is 0 Å². The van der Waals surface area contributed by atoms with Crippen LogP contribution in [0.1, 0.15) is 35.1 Å². The van der Waals surface area contributed by atoms with E-state index >= 15 is 0 Å². The van der Waals surface area contributed by atoms with Gasteiger partial charge in [0, 0.05) is 0 Å². The smallest absolute Gasteiger partial charge is 0.123 e. The van der Waals surface area contributed by atoms with Gasteiger partial charge in [0.25, 0.3) is 0 Å². The van der Waals surface area contributed by atoms with Crippen molar-refractivity contribution in [2.24, 2.45) is 0 Å². The second kappa shape index (κ2) is 9.24. The molecule has 140 valence electrons. The molecule has 1 atom stereocenters. The molecule has 0 bridgehead atoms. The van der Waals surface area contributed by atoms with Gasteiger partial charge in [-0.05, 0) is 74.4 Å². The SMILES string of the molecule is Br.CN(C)CCCC1(c2ccc(F)cc2)OCc2cc(C#N)ccc21.O. The summed E-state index contributed by atoms with van der Waals surface area (Å²) < 4.78 is 19.6. The third-order valence-electron chi connectivity index (χ3n) is 4.59. The van der Waals surface area contributed by atoms with Crippen LogP contribution in [0.3, 0.4) is 0 Å². The molecular formula is C20H24BrFN2O2. The van der Waals surface area contributed by atoms with Crippen LogP contribution < -0.4 is 0 Å². The van der Waals surface area contributed by atoms with Crippen LogP contribution in [0.15, 0.2) is 42.5 Å². The molecule has 0 saturated heterocycles. The molecule has 1 heterocycles. The van der Waals surface area contributed by atoms with Gasteiger partial charge in [-0.2, -0.15) is 5.26 Å². The fourth-order valence-electron chi connectivity index (χ4n) is 3.41. The quantitative estimate of drug-likeness (QED) is 0.739. The van der Waals surface area contributed by atoms with E-state index in [9.17, 15) is 4.39 Å². The zero-order valence-electron chi connectivity index (χ0n) is 15.0. The zero-order valence-corrected chi connectivity index (χ0v) is 16.7. The van der Waals surface area contributed by atoms with E-state index in [0.717, 1.165) is 36.1 Å². The Hall–Kier alpha value is -1.78. The first-order valence-electron chi connectivity index (χ1n) is 8.13. The maximum absolute atomic E-state index is 13.4. The average Bonchev–Trinajstić information content (AvgIpc) is 2.94. The highest BCUT2D eigenvalue weighted by Gasteiger charge is 2.41. The highest BCUT2D eigenvalue weighted by molar-refractivity contribution is 8.93. The summed E-state index contributed by atoms with van der Waals surface area (Å²) >= 11 is 0. The third kappa shape index (κ3) is 4.30. The Morgan fingerprint density at radius 1 is 1.19 bits per heavy atom. The molecule has 6 heteroatoms. The van der Waals surface area contributed by atoms with Crippen molar-refractivity contribution in [2.45, 2.75) is 25.0 Å². The van der Waals surface area contributed by atoms with Gasteiger partial charge >= 0.3 is 0 Å². The van der Waals surface area contributed by atoms with Crippen LogP contribution in [0.2, 0.25) is 0 Å². The summed E-state index contributed by atoms with van der Waals surface area (Å²) in [7, 11) is 4.10. The number of rotatable bonds is 5. The van der Waals surface area contributed by atoms with Crippen molar-refractivity contribution in [2.75, 3.05) is 20.6 Å². The van der Waals surface area contributed by atoms with E-state index in [1.54, 1.807) is 12.1 Å². The summed E-state index contributed by atoms with van der Waals surface area (Å²) in [5.74, 6) is -0.250. The van der Waals surface area contributed by atoms with Crippen molar-refractivity contribution in [3.63, 3.8) is 0 Å². The third-order valence-corrected chi connectivity index (χ3v) is 4.59. The van der Waals surface area contributed by atoms with Crippen LogP contribution in [0, 0.1) is 17.1 Å². The maximum atomic E-state index is 13.4. The Balaban J connectivity index is 0.00000169. The van der Waals surface area contributed by atoms with Gasteiger partial charge in [0.2, 0.25) is 0 Å². The van der Waals surface area contributed by atoms with Gasteiger partial charge in [-0.15, -0.1) is 17.0 Å². The summed E-state index contributed by atoms with van der Waals surface area (Å²) in [5, 5.41) is 9.11. The van der Waals surface area contributed by atoms with E-state index in [0.29, 0.717) is 12.2 Å². The first-order valence-corrected chi connectivity index (χ1v) is 8.13. The lowest BCUT2D eigenvalue weighted by Gasteiger charge is -2.31. The number of halogens is 2. The molecule has 0 amide bonds. The molecule has 0 aromatic heterocycles. The Morgan fingerprint density at radius 2 is 1.88 bits per heavy atom. The number of nitriles is 1. The van der Waals surface area contributed by atoms with Crippen molar-refractivity contribution in [3.05, 3.63) is 70.5 Å². The molecule has 1 unspecified atom stereocenters. The molecule has 0 aliphatic carbocycles. The molecular weight excluding hydrogens is 399 g/mol. The molecule has 0 spiro atoms. The summed E-state index contributed by atoms with van der Waals surface area (Å²) in [6.07, 6.45) is 1.78. The molecule has 3 rings (SSSR count). The number of hydrogen-bond acceptors (Lipinski definition) is 3. The van der Waals surface area contributed by atoms with Gasteiger partial charge < -0.3 is 15.1 Å². The van der Waals surface area contributed by atoms with Gasteiger partial charge in [-0.1, -0.05) is 18.2 Å². The molecule has 0 saturated carbocycles. The maximum Gasteiger partial charge on any atom is 0.123 e. The lowest BCUT2D eigenvalue weighted by atomic mass is 9.81. The van der Waals surface area contributed by atoms with Crippen LogP contribution in [-0.4, -0.2) is 31.0 Å². The topological polar surface area (TPSA) is 67.8 Å². The fourth-order valence-corrected chi connectivity index (χ4v) is 3.41. The average molecular weight is 423 g/mol. The molecule has 2 aromatic rings. The van der Waals surface area contributed by atoms with Crippen molar-refractivity contribution >= 4 is 17.0 Å². The number of hydrogen-bond donors (Lipinski definition) is 0. The monoisotopic (exact) mass is 422 g/mol. The van der Waals surface area contributed by atoms with Crippen molar-refractivity contribution in [3.8, 4) is 6.07 Å². The van der Waals surface area contributed by atoms with E-state index in [4.69, 9.17) is 10.00 Å². The molecule has 1 aliphatic heterocycles.